The van der Waals surface area contributed by atoms with Gasteiger partial charge in [-0.25, -0.2) is 8.42 Å². The molecule has 0 amide bonds. The van der Waals surface area contributed by atoms with E-state index in [0.717, 1.165) is 19.1 Å². The van der Waals surface area contributed by atoms with E-state index in [0.29, 0.717) is 6.07 Å². The number of carbonyl (C=O) groups is 1. The molecule has 0 fully saturated rings. The van der Waals surface area contributed by atoms with E-state index in [-0.39, 0.29) is 11.3 Å². The molecule has 0 heterocycles. The Morgan fingerprint density at radius 2 is 1.90 bits per heavy atom. The summed E-state index contributed by atoms with van der Waals surface area (Å²) in [6.45, 7) is 2.33. The van der Waals surface area contributed by atoms with Crippen LogP contribution in [-0.2, 0) is 21.0 Å². The van der Waals surface area contributed by atoms with Gasteiger partial charge >= 0.3 is 12.1 Å². The number of hydrogen-bond donors (Lipinski definition) is 2. The van der Waals surface area contributed by atoms with Gasteiger partial charge in [0.15, 0.2) is 5.25 Å². The van der Waals surface area contributed by atoms with Crippen molar-refractivity contribution in [3.05, 3.63) is 29.3 Å². The molecule has 0 aromatic heterocycles. The molecule has 9 heteroatoms. The van der Waals surface area contributed by atoms with Gasteiger partial charge in [-0.15, -0.1) is 0 Å². The minimum atomic E-state index is -4.62. The van der Waals surface area contributed by atoms with Crippen LogP contribution >= 0.6 is 0 Å². The SMILES string of the molecule is Cc1ccc(C(F)(F)F)cc1NS(=O)(=O)C(C)C(=O)O. The highest BCUT2D eigenvalue weighted by Gasteiger charge is 2.32. The van der Waals surface area contributed by atoms with Crippen LogP contribution < -0.4 is 4.72 Å². The normalized spacial score (nSPS) is 13.8. The fourth-order valence-corrected chi connectivity index (χ4v) is 2.25. The second kappa shape index (κ2) is 5.31. The summed E-state index contributed by atoms with van der Waals surface area (Å²) in [7, 11) is -4.31. The van der Waals surface area contributed by atoms with Crippen molar-refractivity contribution in [2.24, 2.45) is 0 Å². The number of sulfonamides is 1. The summed E-state index contributed by atoms with van der Waals surface area (Å²) >= 11 is 0. The second-order valence-corrected chi connectivity index (χ2v) is 6.16. The van der Waals surface area contributed by atoms with E-state index < -0.39 is 33.0 Å². The first-order valence-electron chi connectivity index (χ1n) is 5.37. The zero-order valence-electron chi connectivity index (χ0n) is 10.5. The van der Waals surface area contributed by atoms with Gasteiger partial charge in [-0.3, -0.25) is 9.52 Å². The molecule has 0 aliphatic rings. The van der Waals surface area contributed by atoms with Gasteiger partial charge in [0.05, 0.1) is 11.3 Å². The number of alkyl halides is 3. The quantitative estimate of drug-likeness (QED) is 0.893. The van der Waals surface area contributed by atoms with Crippen LogP contribution in [0.15, 0.2) is 18.2 Å². The van der Waals surface area contributed by atoms with Crippen molar-refractivity contribution in [1.29, 1.82) is 0 Å². The van der Waals surface area contributed by atoms with Crippen LogP contribution in [0.5, 0.6) is 0 Å². The summed E-state index contributed by atoms with van der Waals surface area (Å²) in [5, 5.41) is 6.87. The molecule has 1 aromatic rings. The maximum atomic E-state index is 12.5. The number of carboxylic acids is 1. The van der Waals surface area contributed by atoms with Gasteiger partial charge < -0.3 is 5.11 Å². The average molecular weight is 311 g/mol. The van der Waals surface area contributed by atoms with E-state index >= 15 is 0 Å². The Balaban J connectivity index is 3.19. The highest BCUT2D eigenvalue weighted by Crippen LogP contribution is 2.32. The number of halogens is 3. The lowest BCUT2D eigenvalue weighted by atomic mass is 10.1. The Morgan fingerprint density at radius 1 is 1.35 bits per heavy atom. The lowest BCUT2D eigenvalue weighted by molar-refractivity contribution is -0.138. The van der Waals surface area contributed by atoms with Gasteiger partial charge in [-0.05, 0) is 31.5 Å². The number of nitrogens with one attached hydrogen (secondary N) is 1. The Kier molecular flexibility index (Phi) is 4.33. The fraction of sp³-hybridized carbons (Fsp3) is 0.364. The lowest BCUT2D eigenvalue weighted by Gasteiger charge is -2.15. The standard InChI is InChI=1S/C11H12F3NO4S/c1-6-3-4-8(11(12,13)14)5-9(6)15-20(18,19)7(2)10(16)17/h3-5,7,15H,1-2H3,(H,16,17). The predicted octanol–water partition coefficient (Wildman–Crippen LogP) is 2.23. The molecule has 1 unspecified atom stereocenters. The van der Waals surface area contributed by atoms with Crippen LogP contribution in [0, 0.1) is 6.92 Å². The summed E-state index contributed by atoms with van der Waals surface area (Å²) in [4.78, 5) is 10.6. The Labute approximate surface area is 113 Å². The second-order valence-electron chi connectivity index (χ2n) is 4.15. The van der Waals surface area contributed by atoms with Crippen molar-refractivity contribution in [3.8, 4) is 0 Å². The van der Waals surface area contributed by atoms with Crippen molar-refractivity contribution < 1.29 is 31.5 Å². The topological polar surface area (TPSA) is 83.5 Å². The van der Waals surface area contributed by atoms with Crippen LogP contribution in [0.4, 0.5) is 18.9 Å². The summed E-state index contributed by atoms with van der Waals surface area (Å²) in [6.07, 6.45) is -4.62. The highest BCUT2D eigenvalue weighted by molar-refractivity contribution is 7.94. The highest BCUT2D eigenvalue weighted by atomic mass is 32.2. The molecule has 112 valence electrons. The lowest BCUT2D eigenvalue weighted by Crippen LogP contribution is -2.32. The molecule has 0 saturated heterocycles. The Morgan fingerprint density at radius 3 is 2.35 bits per heavy atom. The molecule has 5 nitrogen and oxygen atoms in total. The third-order valence-corrected chi connectivity index (χ3v) is 4.27. The maximum absolute atomic E-state index is 12.5. The molecule has 1 aromatic carbocycles. The van der Waals surface area contributed by atoms with Crippen LogP contribution in [0.25, 0.3) is 0 Å². The zero-order chi connectivity index (χ0) is 15.7. The van der Waals surface area contributed by atoms with Gasteiger partial charge in [0.2, 0.25) is 10.0 Å². The van der Waals surface area contributed by atoms with E-state index in [9.17, 15) is 26.4 Å². The Hall–Kier alpha value is -1.77. The molecular formula is C11H12F3NO4S. The van der Waals surface area contributed by atoms with Crippen molar-refractivity contribution in [3.63, 3.8) is 0 Å². The first kappa shape index (κ1) is 16.3. The van der Waals surface area contributed by atoms with E-state index in [4.69, 9.17) is 5.11 Å². The zero-order valence-corrected chi connectivity index (χ0v) is 11.3. The minimum absolute atomic E-state index is 0.249. The van der Waals surface area contributed by atoms with Gasteiger partial charge in [-0.1, -0.05) is 6.07 Å². The van der Waals surface area contributed by atoms with E-state index in [1.807, 2.05) is 4.72 Å². The van der Waals surface area contributed by atoms with Crippen molar-refractivity contribution in [2.75, 3.05) is 4.72 Å². The fourth-order valence-electron chi connectivity index (χ4n) is 1.28. The monoisotopic (exact) mass is 311 g/mol. The van der Waals surface area contributed by atoms with Crippen molar-refractivity contribution in [2.45, 2.75) is 25.3 Å². The van der Waals surface area contributed by atoms with Gasteiger partial charge in [0.1, 0.15) is 0 Å². The van der Waals surface area contributed by atoms with Crippen LogP contribution in [0.3, 0.4) is 0 Å². The number of hydrogen-bond acceptors (Lipinski definition) is 3. The first-order valence-corrected chi connectivity index (χ1v) is 6.92. The summed E-state index contributed by atoms with van der Waals surface area (Å²) in [6, 6.07) is 2.54. The van der Waals surface area contributed by atoms with Crippen LogP contribution in [0.2, 0.25) is 0 Å². The largest absolute Gasteiger partial charge is 0.480 e. The summed E-state index contributed by atoms with van der Waals surface area (Å²) in [5.41, 5.74) is -1.07. The summed E-state index contributed by atoms with van der Waals surface area (Å²) < 4.78 is 62.9. The van der Waals surface area contributed by atoms with Crippen molar-refractivity contribution in [1.82, 2.24) is 0 Å². The first-order chi connectivity index (χ1) is 8.95. The number of anilines is 1. The molecule has 0 aliphatic carbocycles. The molecule has 0 spiro atoms. The number of aliphatic carboxylic acids is 1. The average Bonchev–Trinajstić information content (AvgIpc) is 2.29. The van der Waals surface area contributed by atoms with Crippen molar-refractivity contribution >= 4 is 21.7 Å². The van der Waals surface area contributed by atoms with Crippen LogP contribution in [-0.4, -0.2) is 24.7 Å². The molecule has 0 aliphatic heterocycles. The smallest absolute Gasteiger partial charge is 0.416 e. The van der Waals surface area contributed by atoms with E-state index in [1.54, 1.807) is 0 Å². The molecule has 2 N–H and O–H groups in total. The van der Waals surface area contributed by atoms with Crippen LogP contribution in [0.1, 0.15) is 18.1 Å². The third-order valence-electron chi connectivity index (χ3n) is 2.63. The van der Waals surface area contributed by atoms with Gasteiger partial charge in [0.25, 0.3) is 0 Å². The molecule has 0 saturated carbocycles. The number of aryl methyl sites for hydroxylation is 1. The molecule has 20 heavy (non-hydrogen) atoms. The van der Waals surface area contributed by atoms with E-state index in [2.05, 4.69) is 0 Å². The predicted molar refractivity (Wildman–Crippen MR) is 65.8 cm³/mol. The Bertz CT molecular complexity index is 625. The van der Waals surface area contributed by atoms with Gasteiger partial charge in [-0.2, -0.15) is 13.2 Å². The number of benzene rings is 1. The minimum Gasteiger partial charge on any atom is -0.480 e. The molecular weight excluding hydrogens is 299 g/mol. The molecule has 1 atom stereocenters. The molecule has 0 bridgehead atoms. The maximum Gasteiger partial charge on any atom is 0.416 e. The number of rotatable bonds is 4. The van der Waals surface area contributed by atoms with E-state index in [1.165, 1.54) is 6.92 Å². The third kappa shape index (κ3) is 3.62. The molecule has 0 radical (unpaired) electrons. The molecule has 1 rings (SSSR count). The summed E-state index contributed by atoms with van der Waals surface area (Å²) in [5.74, 6) is -1.60. The number of carboxylic acid groups (broad SMARTS) is 1. The van der Waals surface area contributed by atoms with Gasteiger partial charge in [0, 0.05) is 0 Å².